The maximum Gasteiger partial charge on any atom is 0.0905 e. The summed E-state index contributed by atoms with van der Waals surface area (Å²) in [5, 5.41) is 7.22. The van der Waals surface area contributed by atoms with Gasteiger partial charge in [0.25, 0.3) is 0 Å². The van der Waals surface area contributed by atoms with Gasteiger partial charge in [0.1, 0.15) is 0 Å². The second kappa shape index (κ2) is 5.76. The van der Waals surface area contributed by atoms with E-state index in [0.717, 1.165) is 38.9 Å². The minimum atomic E-state index is 0.300. The van der Waals surface area contributed by atoms with E-state index in [9.17, 15) is 0 Å². The zero-order chi connectivity index (χ0) is 13.0. The first-order chi connectivity index (χ1) is 8.68. The fraction of sp³-hybridized carbons (Fsp3) is 0.500. The van der Waals surface area contributed by atoms with Gasteiger partial charge in [-0.2, -0.15) is 0 Å². The number of anilines is 2. The third-order valence-corrected chi connectivity index (χ3v) is 3.46. The molecule has 0 fully saturated rings. The highest BCUT2D eigenvalue weighted by Gasteiger charge is 2.18. The van der Waals surface area contributed by atoms with E-state index >= 15 is 0 Å². The molecule has 1 heterocycles. The van der Waals surface area contributed by atoms with Crippen LogP contribution in [0.4, 0.5) is 11.4 Å². The van der Waals surface area contributed by atoms with Crippen molar-refractivity contribution in [3.05, 3.63) is 24.3 Å². The quantitative estimate of drug-likeness (QED) is 0.475. The summed E-state index contributed by atoms with van der Waals surface area (Å²) in [6.07, 6.45) is 2.82. The average molecular weight is 246 g/mol. The van der Waals surface area contributed by atoms with Crippen LogP contribution in [0.2, 0.25) is 0 Å². The Balaban J connectivity index is 1.94. The summed E-state index contributed by atoms with van der Waals surface area (Å²) in [7, 11) is 2.14. The Morgan fingerprint density at radius 1 is 1.22 bits per heavy atom. The summed E-state index contributed by atoms with van der Waals surface area (Å²) in [6, 6.07) is 8.56. The predicted octanol–water partition coefficient (Wildman–Crippen LogP) is 2.05. The lowest BCUT2D eigenvalue weighted by molar-refractivity contribution is 0.676. The molecule has 0 saturated carbocycles. The first-order valence-electron chi connectivity index (χ1n) is 6.56. The van der Waals surface area contributed by atoms with Crippen LogP contribution in [0.15, 0.2) is 24.3 Å². The van der Waals surface area contributed by atoms with Gasteiger partial charge < -0.3 is 15.5 Å². The van der Waals surface area contributed by atoms with Gasteiger partial charge in [0.2, 0.25) is 0 Å². The summed E-state index contributed by atoms with van der Waals surface area (Å²) < 4.78 is 0. The van der Waals surface area contributed by atoms with Crippen LogP contribution in [-0.2, 0) is 0 Å². The summed E-state index contributed by atoms with van der Waals surface area (Å²) in [5.74, 6) is 0.300. The molecule has 0 radical (unpaired) electrons. The number of nitrogens with zero attached hydrogens (tertiary/aromatic N) is 2. The number of fused-ring (bicyclic) bond motifs is 1. The normalized spacial score (nSPS) is 14.5. The number of hydrogen-bond donors (Lipinski definition) is 2. The summed E-state index contributed by atoms with van der Waals surface area (Å²) >= 11 is 0. The van der Waals surface area contributed by atoms with E-state index in [2.05, 4.69) is 41.1 Å². The molecular weight excluding hydrogens is 224 g/mol. The van der Waals surface area contributed by atoms with Crippen molar-refractivity contribution < 1.29 is 0 Å². The Labute approximate surface area is 109 Å². The molecule has 0 aromatic heterocycles. The first kappa shape index (κ1) is 12.7. The lowest BCUT2D eigenvalue weighted by atomic mass is 10.1. The molecule has 0 saturated heterocycles. The molecule has 0 bridgehead atoms. The highest BCUT2D eigenvalue weighted by Crippen LogP contribution is 2.31. The van der Waals surface area contributed by atoms with Crippen molar-refractivity contribution in [3.63, 3.8) is 0 Å². The van der Waals surface area contributed by atoms with Crippen LogP contribution in [0.5, 0.6) is 0 Å². The summed E-state index contributed by atoms with van der Waals surface area (Å²) in [4.78, 5) is 4.75. The number of benzene rings is 1. The first-order valence-corrected chi connectivity index (χ1v) is 6.56. The zero-order valence-electron chi connectivity index (χ0n) is 11.0. The van der Waals surface area contributed by atoms with Crippen molar-refractivity contribution in [1.82, 2.24) is 0 Å². The van der Waals surface area contributed by atoms with Gasteiger partial charge in [-0.05, 0) is 25.0 Å². The molecule has 1 aliphatic heterocycles. The Kier molecular flexibility index (Phi) is 4.07. The number of nitrogens with one attached hydrogen (secondary N) is 1. The SMILES string of the molecule is CN1CCN(CCCCC(=N)N)c2ccccc21. The molecule has 0 unspecified atom stereocenters. The molecule has 0 amide bonds. The van der Waals surface area contributed by atoms with Crippen LogP contribution in [0.3, 0.4) is 0 Å². The van der Waals surface area contributed by atoms with Crippen LogP contribution in [-0.4, -0.2) is 32.5 Å². The maximum atomic E-state index is 7.22. The summed E-state index contributed by atoms with van der Waals surface area (Å²) in [6.45, 7) is 3.20. The largest absolute Gasteiger partial charge is 0.388 e. The van der Waals surface area contributed by atoms with E-state index in [4.69, 9.17) is 11.1 Å². The number of rotatable bonds is 5. The lowest BCUT2D eigenvalue weighted by Gasteiger charge is -2.37. The van der Waals surface area contributed by atoms with Crippen molar-refractivity contribution in [2.75, 3.05) is 36.5 Å². The molecule has 4 nitrogen and oxygen atoms in total. The van der Waals surface area contributed by atoms with Crippen molar-refractivity contribution in [1.29, 1.82) is 5.41 Å². The van der Waals surface area contributed by atoms with Crippen LogP contribution >= 0.6 is 0 Å². The predicted molar refractivity (Wildman–Crippen MR) is 77.7 cm³/mol. The number of para-hydroxylation sites is 2. The molecule has 2 rings (SSSR count). The number of amidine groups is 1. The molecule has 18 heavy (non-hydrogen) atoms. The van der Waals surface area contributed by atoms with Gasteiger partial charge in [-0.3, -0.25) is 5.41 Å². The maximum absolute atomic E-state index is 7.22. The molecule has 98 valence electrons. The van der Waals surface area contributed by atoms with Gasteiger partial charge in [-0.25, -0.2) is 0 Å². The van der Waals surface area contributed by atoms with Gasteiger partial charge in [0.05, 0.1) is 17.2 Å². The third-order valence-electron chi connectivity index (χ3n) is 3.46. The van der Waals surface area contributed by atoms with Crippen LogP contribution in [0, 0.1) is 5.41 Å². The van der Waals surface area contributed by atoms with Crippen molar-refractivity contribution >= 4 is 17.2 Å². The molecule has 1 aliphatic rings. The third kappa shape index (κ3) is 2.94. The highest BCUT2D eigenvalue weighted by atomic mass is 15.2. The number of hydrogen-bond acceptors (Lipinski definition) is 3. The second-order valence-electron chi connectivity index (χ2n) is 4.88. The molecule has 3 N–H and O–H groups in total. The highest BCUT2D eigenvalue weighted by molar-refractivity contribution is 5.76. The van der Waals surface area contributed by atoms with Crippen LogP contribution in [0.1, 0.15) is 19.3 Å². The second-order valence-corrected chi connectivity index (χ2v) is 4.88. The monoisotopic (exact) mass is 246 g/mol. The van der Waals surface area contributed by atoms with E-state index < -0.39 is 0 Å². The van der Waals surface area contributed by atoms with E-state index in [0.29, 0.717) is 5.84 Å². The molecule has 4 heteroatoms. The van der Waals surface area contributed by atoms with E-state index in [1.54, 1.807) is 0 Å². The van der Waals surface area contributed by atoms with Crippen LogP contribution in [0.25, 0.3) is 0 Å². The number of likely N-dealkylation sites (N-methyl/N-ethyl adjacent to an activating group) is 1. The lowest BCUT2D eigenvalue weighted by Crippen LogP contribution is -2.39. The van der Waals surface area contributed by atoms with Gasteiger partial charge in [0, 0.05) is 33.1 Å². The fourth-order valence-electron chi connectivity index (χ4n) is 2.42. The summed E-state index contributed by atoms with van der Waals surface area (Å²) in [5.41, 5.74) is 8.01. The van der Waals surface area contributed by atoms with E-state index in [1.165, 1.54) is 11.4 Å². The molecule has 0 aliphatic carbocycles. The number of unbranched alkanes of at least 4 members (excludes halogenated alkanes) is 1. The topological polar surface area (TPSA) is 56.4 Å². The Hall–Kier alpha value is -1.71. The van der Waals surface area contributed by atoms with Crippen molar-refractivity contribution in [2.45, 2.75) is 19.3 Å². The Morgan fingerprint density at radius 3 is 2.67 bits per heavy atom. The molecular formula is C14H22N4. The molecule has 1 aromatic rings. The van der Waals surface area contributed by atoms with Gasteiger partial charge in [0.15, 0.2) is 0 Å². The van der Waals surface area contributed by atoms with E-state index in [-0.39, 0.29) is 0 Å². The minimum absolute atomic E-state index is 0.300. The van der Waals surface area contributed by atoms with Gasteiger partial charge in [-0.15, -0.1) is 0 Å². The van der Waals surface area contributed by atoms with E-state index in [1.807, 2.05) is 0 Å². The van der Waals surface area contributed by atoms with Crippen LogP contribution < -0.4 is 15.5 Å². The Morgan fingerprint density at radius 2 is 1.94 bits per heavy atom. The fourth-order valence-corrected chi connectivity index (χ4v) is 2.42. The zero-order valence-corrected chi connectivity index (χ0v) is 11.0. The smallest absolute Gasteiger partial charge is 0.0905 e. The molecule has 0 atom stereocenters. The standard InChI is InChI=1S/C14H22N4/c1-17-10-11-18(9-5-4-8-14(15)16)13-7-3-2-6-12(13)17/h2-3,6-7H,4-5,8-11H2,1H3,(H3,15,16). The average Bonchev–Trinajstić information content (AvgIpc) is 2.37. The van der Waals surface area contributed by atoms with Gasteiger partial charge >= 0.3 is 0 Å². The molecule has 1 aromatic carbocycles. The Bertz CT molecular complexity index is 416. The number of nitrogens with two attached hydrogens (primary N) is 1. The minimum Gasteiger partial charge on any atom is -0.388 e. The van der Waals surface area contributed by atoms with Gasteiger partial charge in [-0.1, -0.05) is 12.1 Å². The van der Waals surface area contributed by atoms with Crippen molar-refractivity contribution in [2.24, 2.45) is 5.73 Å². The van der Waals surface area contributed by atoms with Crippen molar-refractivity contribution in [3.8, 4) is 0 Å². The molecule has 0 spiro atoms.